The monoisotopic (exact) mass is 447 g/mol. The lowest BCUT2D eigenvalue weighted by Crippen LogP contribution is -2.32. The summed E-state index contributed by atoms with van der Waals surface area (Å²) >= 11 is 0. The van der Waals surface area contributed by atoms with E-state index in [2.05, 4.69) is 16.9 Å². The number of carbonyl (C=O) groups excluding carboxylic acids is 1. The maximum Gasteiger partial charge on any atom is 0.255 e. The molecule has 0 bridgehead atoms. The van der Waals surface area contributed by atoms with E-state index in [1.165, 1.54) is 19.2 Å². The Bertz CT molecular complexity index is 1280. The molecule has 164 valence electrons. The van der Waals surface area contributed by atoms with Crippen LogP contribution in [0.1, 0.15) is 35.0 Å². The summed E-state index contributed by atoms with van der Waals surface area (Å²) in [5.74, 6) is -0.0872. The van der Waals surface area contributed by atoms with Crippen molar-refractivity contribution in [3.8, 4) is 0 Å². The summed E-state index contributed by atoms with van der Waals surface area (Å²) in [7, 11) is -2.16. The maximum atomic E-state index is 13.6. The third-order valence-electron chi connectivity index (χ3n) is 5.47. The highest BCUT2D eigenvalue weighted by molar-refractivity contribution is 7.92. The lowest BCUT2D eigenvalue weighted by Gasteiger charge is -2.25. The molecule has 1 amide bonds. The summed E-state index contributed by atoms with van der Waals surface area (Å²) in [6.07, 6.45) is 5.75. The van der Waals surface area contributed by atoms with Crippen LogP contribution in [0.15, 0.2) is 41.1 Å². The Morgan fingerprint density at radius 1 is 1.42 bits per heavy atom. The number of nitrogens with zero attached hydrogens (tertiary/aromatic N) is 2. The standard InChI is InChI=1S/C21H22FN3O5S/c1-12-14-11-15-16(19(26)23-3)17(21(2)7-5-13(22)6-8-21)30-20(15)24-18(14)25(9-10-29-12)31(4,27)28/h5-7,11H,1,8-10H2,2-4H3,(H,23,26). The average molecular weight is 447 g/mol. The quantitative estimate of drug-likeness (QED) is 0.776. The van der Waals surface area contributed by atoms with Crippen LogP contribution in [0.2, 0.25) is 0 Å². The van der Waals surface area contributed by atoms with Crippen LogP contribution >= 0.6 is 0 Å². The second-order valence-electron chi connectivity index (χ2n) is 7.75. The summed E-state index contributed by atoms with van der Waals surface area (Å²) < 4.78 is 51.0. The topological polar surface area (TPSA) is 102 Å². The average Bonchev–Trinajstić information content (AvgIpc) is 3.01. The lowest BCUT2D eigenvalue weighted by molar-refractivity contribution is 0.0961. The summed E-state index contributed by atoms with van der Waals surface area (Å²) in [4.78, 5) is 17.3. The van der Waals surface area contributed by atoms with Gasteiger partial charge in [-0.3, -0.25) is 4.79 Å². The number of pyridine rings is 1. The fourth-order valence-electron chi connectivity index (χ4n) is 3.80. The number of halogens is 1. The molecule has 0 fully saturated rings. The van der Waals surface area contributed by atoms with E-state index in [9.17, 15) is 17.6 Å². The summed E-state index contributed by atoms with van der Waals surface area (Å²) in [6.45, 7) is 5.87. The largest absolute Gasteiger partial charge is 0.492 e. The summed E-state index contributed by atoms with van der Waals surface area (Å²) in [5.41, 5.74) is -0.0957. The van der Waals surface area contributed by atoms with Crippen molar-refractivity contribution < 1.29 is 26.8 Å². The minimum Gasteiger partial charge on any atom is -0.492 e. The molecule has 2 aliphatic rings. The summed E-state index contributed by atoms with van der Waals surface area (Å²) in [5, 5.41) is 2.99. The molecule has 1 N–H and O–H groups in total. The molecule has 3 heterocycles. The van der Waals surface area contributed by atoms with E-state index in [1.54, 1.807) is 12.1 Å². The third kappa shape index (κ3) is 3.50. The van der Waals surface area contributed by atoms with Gasteiger partial charge in [-0.15, -0.1) is 0 Å². The van der Waals surface area contributed by atoms with Crippen LogP contribution in [0.25, 0.3) is 16.9 Å². The molecule has 4 rings (SSSR count). The highest BCUT2D eigenvalue weighted by Gasteiger charge is 2.37. The molecule has 1 aliphatic carbocycles. The number of hydrogen-bond donors (Lipinski definition) is 1. The van der Waals surface area contributed by atoms with Crippen molar-refractivity contribution in [1.82, 2.24) is 10.3 Å². The Morgan fingerprint density at radius 3 is 2.77 bits per heavy atom. The molecule has 2 aromatic heterocycles. The van der Waals surface area contributed by atoms with Gasteiger partial charge in [0, 0.05) is 12.5 Å². The van der Waals surface area contributed by atoms with Crippen LogP contribution < -0.4 is 9.62 Å². The number of sulfonamides is 1. The molecule has 1 unspecified atom stereocenters. The number of hydrogen-bond acceptors (Lipinski definition) is 6. The minimum atomic E-state index is -3.65. The van der Waals surface area contributed by atoms with Gasteiger partial charge in [0.05, 0.1) is 29.3 Å². The first-order valence-electron chi connectivity index (χ1n) is 9.60. The highest BCUT2D eigenvalue weighted by atomic mass is 32.2. The van der Waals surface area contributed by atoms with Crippen molar-refractivity contribution >= 4 is 38.6 Å². The molecular formula is C21H22FN3O5S. The van der Waals surface area contributed by atoms with Crippen LogP contribution in [0.4, 0.5) is 10.2 Å². The zero-order chi connectivity index (χ0) is 22.6. The number of carbonyl (C=O) groups is 1. The van der Waals surface area contributed by atoms with E-state index in [4.69, 9.17) is 9.15 Å². The van der Waals surface area contributed by atoms with Gasteiger partial charge in [-0.25, -0.2) is 17.1 Å². The number of fused-ring (bicyclic) bond motifs is 2. The van der Waals surface area contributed by atoms with Crippen molar-refractivity contribution in [1.29, 1.82) is 0 Å². The number of amides is 1. The van der Waals surface area contributed by atoms with Crippen molar-refractivity contribution in [2.45, 2.75) is 18.8 Å². The molecule has 2 aromatic rings. The summed E-state index contributed by atoms with van der Waals surface area (Å²) in [6, 6.07) is 1.60. The number of anilines is 1. The Morgan fingerprint density at radius 2 is 2.16 bits per heavy atom. The molecule has 0 aromatic carbocycles. The fraction of sp³-hybridized carbons (Fsp3) is 0.333. The van der Waals surface area contributed by atoms with Crippen molar-refractivity contribution in [3.05, 3.63) is 53.6 Å². The molecule has 10 heteroatoms. The Balaban J connectivity index is 2.02. The number of rotatable bonds is 3. The van der Waals surface area contributed by atoms with Crippen LogP contribution in [-0.4, -0.2) is 45.8 Å². The zero-order valence-corrected chi connectivity index (χ0v) is 18.2. The van der Waals surface area contributed by atoms with Gasteiger partial charge in [-0.05, 0) is 31.6 Å². The second kappa shape index (κ2) is 7.23. The van der Waals surface area contributed by atoms with Crippen LogP contribution in [-0.2, 0) is 20.2 Å². The van der Waals surface area contributed by atoms with Crippen LogP contribution in [0.3, 0.4) is 0 Å². The molecule has 8 nitrogen and oxygen atoms in total. The van der Waals surface area contributed by atoms with Gasteiger partial charge in [-0.2, -0.15) is 4.98 Å². The molecule has 0 saturated heterocycles. The van der Waals surface area contributed by atoms with E-state index >= 15 is 0 Å². The molecule has 0 saturated carbocycles. The maximum absolute atomic E-state index is 13.6. The van der Waals surface area contributed by atoms with E-state index in [1.807, 2.05) is 6.92 Å². The normalized spacial score (nSPS) is 21.4. The van der Waals surface area contributed by atoms with Crippen LogP contribution in [0, 0.1) is 0 Å². The van der Waals surface area contributed by atoms with E-state index in [0.717, 1.165) is 10.6 Å². The Hall–Kier alpha value is -3.14. The molecule has 1 aliphatic heterocycles. The van der Waals surface area contributed by atoms with Gasteiger partial charge >= 0.3 is 0 Å². The molecule has 1 atom stereocenters. The van der Waals surface area contributed by atoms with Crippen molar-refractivity contribution in [2.24, 2.45) is 0 Å². The van der Waals surface area contributed by atoms with Gasteiger partial charge in [0.1, 0.15) is 24.0 Å². The number of nitrogens with one attached hydrogen (secondary N) is 1. The molecule has 0 radical (unpaired) electrons. The predicted molar refractivity (Wildman–Crippen MR) is 115 cm³/mol. The fourth-order valence-corrected chi connectivity index (χ4v) is 4.66. The Labute approximate surface area is 179 Å². The van der Waals surface area contributed by atoms with Gasteiger partial charge in [-0.1, -0.05) is 12.7 Å². The predicted octanol–water partition coefficient (Wildman–Crippen LogP) is 3.03. The van der Waals surface area contributed by atoms with E-state index < -0.39 is 21.3 Å². The minimum absolute atomic E-state index is 0.0593. The van der Waals surface area contributed by atoms with Crippen molar-refractivity contribution in [3.63, 3.8) is 0 Å². The SMILES string of the molecule is C=C1OCCN(S(C)(=O)=O)c2nc3oc(C4(C)C=CC(F)=CC4)c(C(=O)NC)c3cc21. The first kappa shape index (κ1) is 21.1. The smallest absolute Gasteiger partial charge is 0.255 e. The molecule has 0 spiro atoms. The van der Waals surface area contributed by atoms with Gasteiger partial charge in [0.25, 0.3) is 5.91 Å². The molecule has 31 heavy (non-hydrogen) atoms. The number of furan rings is 1. The molecular weight excluding hydrogens is 425 g/mol. The highest BCUT2D eigenvalue weighted by Crippen LogP contribution is 2.42. The Kier molecular flexibility index (Phi) is 4.92. The third-order valence-corrected chi connectivity index (χ3v) is 6.63. The number of ether oxygens (including phenoxy) is 1. The second-order valence-corrected chi connectivity index (χ2v) is 9.66. The van der Waals surface area contributed by atoms with Crippen LogP contribution in [0.5, 0.6) is 0 Å². The first-order valence-corrected chi connectivity index (χ1v) is 11.4. The lowest BCUT2D eigenvalue weighted by atomic mass is 9.79. The van der Waals surface area contributed by atoms with E-state index in [-0.39, 0.29) is 48.3 Å². The van der Waals surface area contributed by atoms with Gasteiger partial charge in [0.15, 0.2) is 5.82 Å². The zero-order valence-electron chi connectivity index (χ0n) is 17.4. The number of aromatic nitrogens is 1. The van der Waals surface area contributed by atoms with Gasteiger partial charge < -0.3 is 14.5 Å². The number of allylic oxidation sites excluding steroid dienone is 4. The van der Waals surface area contributed by atoms with Crippen molar-refractivity contribution in [2.75, 3.05) is 30.8 Å². The first-order chi connectivity index (χ1) is 14.5. The van der Waals surface area contributed by atoms with E-state index in [0.29, 0.717) is 16.7 Å². The van der Waals surface area contributed by atoms with Gasteiger partial charge in [0.2, 0.25) is 15.7 Å².